The van der Waals surface area contributed by atoms with Gasteiger partial charge in [-0.1, -0.05) is 6.07 Å². The molecule has 4 rings (SSSR count). The Hall–Kier alpha value is -3.22. The van der Waals surface area contributed by atoms with Crippen LogP contribution in [-0.4, -0.2) is 27.0 Å². The number of carbonyl (C=O) groups excluding carboxylic acids is 1. The minimum Gasteiger partial charge on any atom is -0.398 e. The number of imidazole rings is 1. The molecule has 3 heterocycles. The van der Waals surface area contributed by atoms with Crippen LogP contribution >= 0.6 is 0 Å². The van der Waals surface area contributed by atoms with E-state index < -0.39 is 5.82 Å². The first-order chi connectivity index (χ1) is 12.5. The van der Waals surface area contributed by atoms with Crippen LogP contribution in [0.5, 0.6) is 0 Å². The van der Waals surface area contributed by atoms with E-state index in [-0.39, 0.29) is 5.91 Å². The molecule has 26 heavy (non-hydrogen) atoms. The van der Waals surface area contributed by atoms with Gasteiger partial charge in [0.15, 0.2) is 0 Å². The van der Waals surface area contributed by atoms with E-state index in [0.717, 1.165) is 11.4 Å². The Morgan fingerprint density at radius 1 is 1.19 bits per heavy atom. The third-order valence-corrected chi connectivity index (χ3v) is 4.52. The highest BCUT2D eigenvalue weighted by Crippen LogP contribution is 2.39. The van der Waals surface area contributed by atoms with Gasteiger partial charge in [-0.05, 0) is 37.3 Å². The van der Waals surface area contributed by atoms with Crippen molar-refractivity contribution in [2.24, 2.45) is 0 Å². The SMILES string of the molecule is CC(=O)N1CCn2c1nc(-c1cccc(C)n1)c2-c1ccc(F)cc1N. The quantitative estimate of drug-likeness (QED) is 0.720. The lowest BCUT2D eigenvalue weighted by Crippen LogP contribution is -2.26. The molecule has 132 valence electrons. The number of amides is 1. The predicted octanol–water partition coefficient (Wildman–Crippen LogP) is 3.01. The Bertz CT molecular complexity index is 1030. The molecule has 7 heteroatoms. The Labute approximate surface area is 150 Å². The highest BCUT2D eigenvalue weighted by Gasteiger charge is 2.31. The summed E-state index contributed by atoms with van der Waals surface area (Å²) >= 11 is 0. The molecule has 2 N–H and O–H groups in total. The lowest BCUT2D eigenvalue weighted by Gasteiger charge is -2.10. The molecule has 2 aromatic heterocycles. The van der Waals surface area contributed by atoms with E-state index in [1.807, 2.05) is 29.7 Å². The number of benzene rings is 1. The molecule has 0 spiro atoms. The second kappa shape index (κ2) is 5.94. The summed E-state index contributed by atoms with van der Waals surface area (Å²) in [5.41, 5.74) is 10.0. The monoisotopic (exact) mass is 351 g/mol. The molecule has 1 amide bonds. The van der Waals surface area contributed by atoms with Gasteiger partial charge < -0.3 is 10.3 Å². The molecule has 0 bridgehead atoms. The van der Waals surface area contributed by atoms with E-state index in [2.05, 4.69) is 4.98 Å². The van der Waals surface area contributed by atoms with Gasteiger partial charge in [0.05, 0.1) is 11.4 Å². The van der Waals surface area contributed by atoms with Crippen molar-refractivity contribution >= 4 is 17.5 Å². The summed E-state index contributed by atoms with van der Waals surface area (Å²) < 4.78 is 15.5. The number of hydrogen-bond donors (Lipinski definition) is 1. The second-order valence-corrected chi connectivity index (χ2v) is 6.33. The third kappa shape index (κ3) is 2.52. The number of aromatic nitrogens is 3. The molecule has 0 atom stereocenters. The van der Waals surface area contributed by atoms with E-state index in [9.17, 15) is 9.18 Å². The van der Waals surface area contributed by atoms with Crippen LogP contribution in [0.1, 0.15) is 12.6 Å². The van der Waals surface area contributed by atoms with Gasteiger partial charge in [-0.15, -0.1) is 0 Å². The number of aryl methyl sites for hydroxylation is 1. The Balaban J connectivity index is 1.99. The molecule has 0 saturated carbocycles. The van der Waals surface area contributed by atoms with E-state index in [1.165, 1.54) is 19.1 Å². The Morgan fingerprint density at radius 2 is 2.00 bits per heavy atom. The molecule has 1 aliphatic rings. The Kier molecular flexibility index (Phi) is 3.72. The number of anilines is 2. The lowest BCUT2D eigenvalue weighted by molar-refractivity contribution is -0.116. The van der Waals surface area contributed by atoms with Crippen molar-refractivity contribution in [3.8, 4) is 22.6 Å². The van der Waals surface area contributed by atoms with Gasteiger partial charge in [-0.3, -0.25) is 14.7 Å². The molecule has 1 aromatic carbocycles. The van der Waals surface area contributed by atoms with Crippen LogP contribution in [0.25, 0.3) is 22.6 Å². The number of carbonyl (C=O) groups is 1. The maximum atomic E-state index is 13.5. The molecule has 6 nitrogen and oxygen atoms in total. The second-order valence-electron chi connectivity index (χ2n) is 6.33. The number of rotatable bonds is 2. The summed E-state index contributed by atoms with van der Waals surface area (Å²) in [6.07, 6.45) is 0. The van der Waals surface area contributed by atoms with Gasteiger partial charge in [0.1, 0.15) is 11.5 Å². The molecule has 0 fully saturated rings. The van der Waals surface area contributed by atoms with Crippen molar-refractivity contribution in [3.05, 3.63) is 47.9 Å². The standard InChI is InChI=1S/C19H18FN5O/c1-11-4-3-5-16(22-11)17-18(14-7-6-13(20)10-15(14)21)25-9-8-24(12(2)26)19(25)23-17/h3-7,10H,8-9,21H2,1-2H3. The van der Waals surface area contributed by atoms with Crippen LogP contribution in [0, 0.1) is 12.7 Å². The fourth-order valence-corrected chi connectivity index (χ4v) is 3.33. The van der Waals surface area contributed by atoms with Crippen LogP contribution in [0.3, 0.4) is 0 Å². The van der Waals surface area contributed by atoms with E-state index in [4.69, 9.17) is 10.7 Å². The molecule has 0 aliphatic carbocycles. The average Bonchev–Trinajstić information content (AvgIpc) is 3.14. The summed E-state index contributed by atoms with van der Waals surface area (Å²) in [4.78, 5) is 22.8. The van der Waals surface area contributed by atoms with Crippen LogP contribution in [0.15, 0.2) is 36.4 Å². The fourth-order valence-electron chi connectivity index (χ4n) is 3.33. The molecule has 0 saturated heterocycles. The first kappa shape index (κ1) is 16.3. The minimum absolute atomic E-state index is 0.0730. The zero-order valence-electron chi connectivity index (χ0n) is 14.5. The van der Waals surface area contributed by atoms with Crippen molar-refractivity contribution in [1.29, 1.82) is 0 Å². The zero-order chi connectivity index (χ0) is 18.4. The molecular weight excluding hydrogens is 333 g/mol. The first-order valence-electron chi connectivity index (χ1n) is 8.34. The number of hydrogen-bond acceptors (Lipinski definition) is 4. The fraction of sp³-hybridized carbons (Fsp3) is 0.211. The normalized spacial score (nSPS) is 13.1. The molecule has 1 aliphatic heterocycles. The predicted molar refractivity (Wildman–Crippen MR) is 98.0 cm³/mol. The molecule has 3 aromatic rings. The Morgan fingerprint density at radius 3 is 2.69 bits per heavy atom. The van der Waals surface area contributed by atoms with Gasteiger partial charge in [-0.2, -0.15) is 0 Å². The van der Waals surface area contributed by atoms with Crippen molar-refractivity contribution in [1.82, 2.24) is 14.5 Å². The average molecular weight is 351 g/mol. The zero-order valence-corrected chi connectivity index (χ0v) is 14.5. The highest BCUT2D eigenvalue weighted by atomic mass is 19.1. The summed E-state index contributed by atoms with van der Waals surface area (Å²) in [6, 6.07) is 9.98. The number of nitrogens with zero attached hydrogens (tertiary/aromatic N) is 4. The van der Waals surface area contributed by atoms with E-state index >= 15 is 0 Å². The van der Waals surface area contributed by atoms with Crippen molar-refractivity contribution < 1.29 is 9.18 Å². The topological polar surface area (TPSA) is 77.0 Å². The van der Waals surface area contributed by atoms with Crippen molar-refractivity contribution in [2.75, 3.05) is 17.2 Å². The molecule has 0 radical (unpaired) electrons. The van der Waals surface area contributed by atoms with Gasteiger partial charge in [0.2, 0.25) is 11.9 Å². The number of fused-ring (bicyclic) bond motifs is 1. The van der Waals surface area contributed by atoms with Gasteiger partial charge in [0.25, 0.3) is 0 Å². The van der Waals surface area contributed by atoms with Crippen LogP contribution in [0.2, 0.25) is 0 Å². The number of pyridine rings is 1. The lowest BCUT2D eigenvalue weighted by atomic mass is 10.1. The van der Waals surface area contributed by atoms with Crippen LogP contribution in [0.4, 0.5) is 16.0 Å². The van der Waals surface area contributed by atoms with Gasteiger partial charge >= 0.3 is 0 Å². The maximum Gasteiger partial charge on any atom is 0.226 e. The number of halogens is 1. The minimum atomic E-state index is -0.395. The summed E-state index contributed by atoms with van der Waals surface area (Å²) in [7, 11) is 0. The van der Waals surface area contributed by atoms with Gasteiger partial charge in [-0.25, -0.2) is 9.37 Å². The summed E-state index contributed by atoms with van der Waals surface area (Å²) in [5, 5.41) is 0. The summed E-state index contributed by atoms with van der Waals surface area (Å²) in [6.45, 7) is 4.56. The van der Waals surface area contributed by atoms with Gasteiger partial charge in [0, 0.05) is 37.0 Å². The van der Waals surface area contributed by atoms with Crippen LogP contribution in [-0.2, 0) is 11.3 Å². The number of nitrogens with two attached hydrogens (primary N) is 1. The third-order valence-electron chi connectivity index (χ3n) is 4.52. The first-order valence-corrected chi connectivity index (χ1v) is 8.34. The highest BCUT2D eigenvalue weighted by molar-refractivity contribution is 5.93. The molecule has 0 unspecified atom stereocenters. The largest absolute Gasteiger partial charge is 0.398 e. The van der Waals surface area contributed by atoms with Crippen molar-refractivity contribution in [3.63, 3.8) is 0 Å². The summed E-state index contributed by atoms with van der Waals surface area (Å²) in [5.74, 6) is 0.0960. The van der Waals surface area contributed by atoms with E-state index in [1.54, 1.807) is 11.0 Å². The molecular formula is C19H18FN5O. The van der Waals surface area contributed by atoms with E-state index in [0.29, 0.717) is 41.7 Å². The van der Waals surface area contributed by atoms with Crippen molar-refractivity contribution in [2.45, 2.75) is 20.4 Å². The number of nitrogen functional groups attached to an aromatic ring is 1. The van der Waals surface area contributed by atoms with Crippen LogP contribution < -0.4 is 10.6 Å². The maximum absolute atomic E-state index is 13.5. The smallest absolute Gasteiger partial charge is 0.226 e.